The maximum Gasteiger partial charge on any atom is 0.226 e. The summed E-state index contributed by atoms with van der Waals surface area (Å²) < 4.78 is 0. The number of pyridine rings is 1. The summed E-state index contributed by atoms with van der Waals surface area (Å²) in [5.74, 6) is -0.1000. The number of H-pyrrole nitrogens is 1. The minimum absolute atomic E-state index is 0.0112. The summed E-state index contributed by atoms with van der Waals surface area (Å²) in [4.78, 5) is 22.2. The molecule has 25 heavy (non-hydrogen) atoms. The first-order chi connectivity index (χ1) is 11.9. The van der Waals surface area contributed by atoms with Crippen LogP contribution in [-0.2, 0) is 4.79 Å². The summed E-state index contributed by atoms with van der Waals surface area (Å²) in [5, 5.41) is 3.96. The normalized spacial score (nSPS) is 18.0. The largest absolute Gasteiger partial charge is 0.369 e. The SMILES string of the molecule is C=C(C)c1cnc2[nH]cc(NC(=O)C(C)C)c2c1N1CCCC(N)C1. The van der Waals surface area contributed by atoms with Gasteiger partial charge in [-0.3, -0.25) is 4.79 Å². The highest BCUT2D eigenvalue weighted by Gasteiger charge is 2.25. The number of rotatable bonds is 4. The van der Waals surface area contributed by atoms with Gasteiger partial charge in [-0.05, 0) is 25.3 Å². The van der Waals surface area contributed by atoms with Gasteiger partial charge in [-0.2, -0.15) is 0 Å². The van der Waals surface area contributed by atoms with Crippen LogP contribution in [0.15, 0.2) is 19.0 Å². The van der Waals surface area contributed by atoms with Crippen LogP contribution < -0.4 is 16.0 Å². The zero-order chi connectivity index (χ0) is 18.1. The van der Waals surface area contributed by atoms with Crippen LogP contribution in [0.2, 0.25) is 0 Å². The summed E-state index contributed by atoms with van der Waals surface area (Å²) in [6.45, 7) is 11.6. The van der Waals surface area contributed by atoms with Crippen LogP contribution in [0.25, 0.3) is 16.6 Å². The van der Waals surface area contributed by atoms with Crippen LogP contribution in [0.4, 0.5) is 11.4 Å². The zero-order valence-electron chi connectivity index (χ0n) is 15.2. The molecule has 1 atom stereocenters. The Hall–Kier alpha value is -2.34. The summed E-state index contributed by atoms with van der Waals surface area (Å²) >= 11 is 0. The Kier molecular flexibility index (Phi) is 4.81. The van der Waals surface area contributed by atoms with Gasteiger partial charge in [0.2, 0.25) is 5.91 Å². The molecule has 0 radical (unpaired) electrons. The Balaban J connectivity index is 2.15. The molecule has 4 N–H and O–H groups in total. The van der Waals surface area contributed by atoms with Crippen LogP contribution in [-0.4, -0.2) is 35.0 Å². The third-order valence-electron chi connectivity index (χ3n) is 4.69. The second-order valence-corrected chi connectivity index (χ2v) is 7.22. The monoisotopic (exact) mass is 341 g/mol. The number of nitrogens with two attached hydrogens (primary N) is 1. The van der Waals surface area contributed by atoms with Crippen molar-refractivity contribution >= 4 is 33.9 Å². The van der Waals surface area contributed by atoms with Crippen molar-refractivity contribution in [2.45, 2.75) is 39.7 Å². The molecule has 3 rings (SSSR count). The predicted molar refractivity (Wildman–Crippen MR) is 104 cm³/mol. The van der Waals surface area contributed by atoms with Crippen molar-refractivity contribution in [2.75, 3.05) is 23.3 Å². The molecule has 2 aromatic heterocycles. The first kappa shape index (κ1) is 17.5. The minimum Gasteiger partial charge on any atom is -0.369 e. The number of hydrogen-bond acceptors (Lipinski definition) is 4. The van der Waals surface area contributed by atoms with Crippen LogP contribution in [0, 0.1) is 5.92 Å². The van der Waals surface area contributed by atoms with E-state index in [-0.39, 0.29) is 17.9 Å². The number of allylic oxidation sites excluding steroid dienone is 1. The molecule has 1 saturated heterocycles. The average Bonchev–Trinajstić information content (AvgIpc) is 2.96. The van der Waals surface area contributed by atoms with Crippen molar-refractivity contribution in [1.29, 1.82) is 0 Å². The number of nitrogens with zero attached hydrogens (tertiary/aromatic N) is 2. The van der Waals surface area contributed by atoms with E-state index >= 15 is 0 Å². The van der Waals surface area contributed by atoms with Crippen molar-refractivity contribution in [3.63, 3.8) is 0 Å². The van der Waals surface area contributed by atoms with Gasteiger partial charge in [0, 0.05) is 43.0 Å². The summed E-state index contributed by atoms with van der Waals surface area (Å²) in [7, 11) is 0. The molecule has 0 saturated carbocycles. The van der Waals surface area contributed by atoms with Crippen LogP contribution in [0.3, 0.4) is 0 Å². The lowest BCUT2D eigenvalue weighted by Gasteiger charge is -2.34. The van der Waals surface area contributed by atoms with Gasteiger partial charge in [0.25, 0.3) is 0 Å². The Bertz CT molecular complexity index is 807. The highest BCUT2D eigenvalue weighted by molar-refractivity contribution is 6.09. The fourth-order valence-electron chi connectivity index (χ4n) is 3.31. The quantitative estimate of drug-likeness (QED) is 0.797. The highest BCUT2D eigenvalue weighted by Crippen LogP contribution is 2.38. The van der Waals surface area contributed by atoms with Crippen LogP contribution in [0.1, 0.15) is 39.2 Å². The maximum atomic E-state index is 12.2. The third-order valence-corrected chi connectivity index (χ3v) is 4.69. The lowest BCUT2D eigenvalue weighted by atomic mass is 10.0. The van der Waals surface area contributed by atoms with Gasteiger partial charge in [-0.25, -0.2) is 4.98 Å². The molecule has 6 nitrogen and oxygen atoms in total. The second-order valence-electron chi connectivity index (χ2n) is 7.22. The number of aromatic nitrogens is 2. The average molecular weight is 341 g/mol. The van der Waals surface area contributed by atoms with Gasteiger partial charge in [0.15, 0.2) is 0 Å². The number of carbonyl (C=O) groups excluding carboxylic acids is 1. The van der Waals surface area contributed by atoms with E-state index in [4.69, 9.17) is 5.73 Å². The number of nitrogens with one attached hydrogen (secondary N) is 2. The van der Waals surface area contributed by atoms with Gasteiger partial charge < -0.3 is 20.9 Å². The molecule has 0 aliphatic carbocycles. The Morgan fingerprint density at radius 1 is 1.52 bits per heavy atom. The van der Waals surface area contributed by atoms with E-state index in [1.165, 1.54) is 0 Å². The number of fused-ring (bicyclic) bond motifs is 1. The Morgan fingerprint density at radius 2 is 2.28 bits per heavy atom. The number of carbonyl (C=O) groups is 1. The lowest BCUT2D eigenvalue weighted by molar-refractivity contribution is -0.118. The Morgan fingerprint density at radius 3 is 2.92 bits per heavy atom. The molecule has 6 heteroatoms. The van der Waals surface area contributed by atoms with E-state index in [0.29, 0.717) is 0 Å². The molecular formula is C19H27N5O. The number of hydrogen-bond donors (Lipinski definition) is 3. The summed E-state index contributed by atoms with van der Waals surface area (Å²) in [5.41, 5.74) is 10.7. The number of piperidine rings is 1. The fraction of sp³-hybridized carbons (Fsp3) is 0.474. The molecule has 1 fully saturated rings. The zero-order valence-corrected chi connectivity index (χ0v) is 15.2. The molecule has 134 valence electrons. The van der Waals surface area contributed by atoms with Gasteiger partial charge >= 0.3 is 0 Å². The smallest absolute Gasteiger partial charge is 0.226 e. The van der Waals surface area contributed by atoms with Crippen molar-refractivity contribution in [3.8, 4) is 0 Å². The minimum atomic E-state index is -0.0888. The van der Waals surface area contributed by atoms with E-state index in [9.17, 15) is 4.79 Å². The fourth-order valence-corrected chi connectivity index (χ4v) is 3.31. The van der Waals surface area contributed by atoms with Crippen molar-refractivity contribution in [2.24, 2.45) is 11.7 Å². The predicted octanol–water partition coefficient (Wildman–Crippen LogP) is 3.12. The van der Waals surface area contributed by atoms with E-state index in [0.717, 1.165) is 59.5 Å². The Labute approximate surface area is 148 Å². The summed E-state index contributed by atoms with van der Waals surface area (Å²) in [6, 6.07) is 0.155. The number of anilines is 2. The molecular weight excluding hydrogens is 314 g/mol. The van der Waals surface area contributed by atoms with Crippen LogP contribution in [0.5, 0.6) is 0 Å². The van der Waals surface area contributed by atoms with Crippen molar-refractivity contribution in [1.82, 2.24) is 9.97 Å². The number of amides is 1. The standard InChI is InChI=1S/C19H27N5O/c1-11(2)14-8-21-18-16(15(9-22-18)23-19(25)12(3)4)17(14)24-7-5-6-13(20)10-24/h8-9,12-13H,1,5-7,10,20H2,2-4H3,(H,21,22)(H,23,25). The van der Waals surface area contributed by atoms with Crippen molar-refractivity contribution in [3.05, 3.63) is 24.5 Å². The van der Waals surface area contributed by atoms with Gasteiger partial charge in [0.05, 0.1) is 16.8 Å². The molecule has 1 aliphatic heterocycles. The van der Waals surface area contributed by atoms with E-state index in [2.05, 4.69) is 26.8 Å². The lowest BCUT2D eigenvalue weighted by Crippen LogP contribution is -2.43. The van der Waals surface area contributed by atoms with Gasteiger partial charge in [0.1, 0.15) is 5.65 Å². The van der Waals surface area contributed by atoms with E-state index in [1.54, 1.807) is 0 Å². The number of aromatic amines is 1. The van der Waals surface area contributed by atoms with E-state index < -0.39 is 0 Å². The first-order valence-electron chi connectivity index (χ1n) is 8.85. The van der Waals surface area contributed by atoms with Gasteiger partial charge in [-0.1, -0.05) is 20.4 Å². The molecule has 1 aliphatic rings. The molecule has 2 aromatic rings. The molecule has 1 unspecified atom stereocenters. The molecule has 0 aromatic carbocycles. The first-order valence-corrected chi connectivity index (χ1v) is 8.85. The highest BCUT2D eigenvalue weighted by atomic mass is 16.1. The van der Waals surface area contributed by atoms with E-state index in [1.807, 2.05) is 33.2 Å². The molecule has 1 amide bonds. The van der Waals surface area contributed by atoms with Crippen LogP contribution >= 0.6 is 0 Å². The summed E-state index contributed by atoms with van der Waals surface area (Å²) in [6.07, 6.45) is 5.76. The topological polar surface area (TPSA) is 87.0 Å². The van der Waals surface area contributed by atoms with Gasteiger partial charge in [-0.15, -0.1) is 0 Å². The van der Waals surface area contributed by atoms with Crippen molar-refractivity contribution < 1.29 is 4.79 Å². The molecule has 0 spiro atoms. The molecule has 0 bridgehead atoms. The third kappa shape index (κ3) is 3.39. The maximum absolute atomic E-state index is 12.2. The second kappa shape index (κ2) is 6.88. The molecule has 3 heterocycles.